The molecule has 0 bridgehead atoms. The monoisotopic (exact) mass is 346 g/mol. The van der Waals surface area contributed by atoms with Crippen LogP contribution in [0.4, 0.5) is 5.69 Å². The van der Waals surface area contributed by atoms with Gasteiger partial charge in [0.2, 0.25) is 15.9 Å². The van der Waals surface area contributed by atoms with Gasteiger partial charge in [0.1, 0.15) is 0 Å². The number of anilines is 1. The quantitative estimate of drug-likeness (QED) is 0.844. The molecule has 0 aliphatic carbocycles. The van der Waals surface area contributed by atoms with Crippen LogP contribution in [0.1, 0.15) is 25.0 Å². The largest absolute Gasteiger partial charge is 0.324 e. The highest BCUT2D eigenvalue weighted by atomic mass is 32.2. The zero-order valence-corrected chi connectivity index (χ0v) is 14.9. The lowest BCUT2D eigenvalue weighted by molar-refractivity contribution is -0.117. The van der Waals surface area contributed by atoms with E-state index >= 15 is 0 Å². The van der Waals surface area contributed by atoms with E-state index in [9.17, 15) is 13.2 Å². The molecule has 0 aliphatic heterocycles. The fourth-order valence-corrected chi connectivity index (χ4v) is 3.47. The van der Waals surface area contributed by atoms with Crippen LogP contribution >= 0.6 is 0 Å². The van der Waals surface area contributed by atoms with Crippen LogP contribution in [0.2, 0.25) is 0 Å². The highest BCUT2D eigenvalue weighted by molar-refractivity contribution is 7.89. The lowest BCUT2D eigenvalue weighted by Crippen LogP contribution is -2.41. The smallest absolute Gasteiger partial charge is 0.242 e. The van der Waals surface area contributed by atoms with Crippen LogP contribution in [0.15, 0.2) is 53.4 Å². The number of rotatable bonds is 6. The number of benzene rings is 2. The van der Waals surface area contributed by atoms with Gasteiger partial charge >= 0.3 is 0 Å². The minimum absolute atomic E-state index is 0.140. The lowest BCUT2D eigenvalue weighted by atomic mass is 10.1. The Hall–Kier alpha value is -2.18. The molecule has 128 valence electrons. The molecule has 1 amide bonds. The summed E-state index contributed by atoms with van der Waals surface area (Å²) >= 11 is 0. The third-order valence-electron chi connectivity index (χ3n) is 3.71. The first kappa shape index (κ1) is 18.2. The molecule has 0 heterocycles. The first-order chi connectivity index (χ1) is 11.3. The summed E-state index contributed by atoms with van der Waals surface area (Å²) in [6.45, 7) is 5.40. The topological polar surface area (TPSA) is 75.3 Å². The van der Waals surface area contributed by atoms with Gasteiger partial charge in [0.25, 0.3) is 0 Å². The number of hydrogen-bond acceptors (Lipinski definition) is 3. The number of carbonyl (C=O) groups excluding carboxylic acids is 1. The molecule has 2 N–H and O–H groups in total. The van der Waals surface area contributed by atoms with Gasteiger partial charge in [-0.3, -0.25) is 4.79 Å². The van der Waals surface area contributed by atoms with Gasteiger partial charge in [-0.1, -0.05) is 42.8 Å². The Balaban J connectivity index is 2.09. The highest BCUT2D eigenvalue weighted by Crippen LogP contribution is 2.16. The Morgan fingerprint density at radius 3 is 2.33 bits per heavy atom. The third-order valence-corrected chi connectivity index (χ3v) is 5.27. The second-order valence-electron chi connectivity index (χ2n) is 5.66. The van der Waals surface area contributed by atoms with Gasteiger partial charge in [-0.05, 0) is 44.0 Å². The van der Waals surface area contributed by atoms with E-state index in [4.69, 9.17) is 0 Å². The second-order valence-corrected chi connectivity index (χ2v) is 7.37. The average Bonchev–Trinajstić information content (AvgIpc) is 2.55. The van der Waals surface area contributed by atoms with Crippen molar-refractivity contribution in [2.24, 2.45) is 0 Å². The Morgan fingerprint density at radius 1 is 1.08 bits per heavy atom. The SMILES string of the molecule is CCc1ccccc1NC(=O)C(C)NS(=O)(=O)c1ccc(C)cc1. The summed E-state index contributed by atoms with van der Waals surface area (Å²) in [5, 5.41) is 2.78. The van der Waals surface area contributed by atoms with E-state index < -0.39 is 22.0 Å². The van der Waals surface area contributed by atoms with E-state index in [0.717, 1.165) is 17.5 Å². The summed E-state index contributed by atoms with van der Waals surface area (Å²) in [5.74, 6) is -0.397. The standard InChI is InChI=1S/C18H22N2O3S/c1-4-15-7-5-6-8-17(15)19-18(21)14(3)20-24(22,23)16-11-9-13(2)10-12-16/h5-12,14,20H,4H2,1-3H3,(H,19,21). The molecular weight excluding hydrogens is 324 g/mol. The van der Waals surface area contributed by atoms with E-state index in [-0.39, 0.29) is 4.90 Å². The van der Waals surface area contributed by atoms with Gasteiger partial charge in [0.15, 0.2) is 0 Å². The van der Waals surface area contributed by atoms with Gasteiger partial charge in [-0.15, -0.1) is 0 Å². The maximum Gasteiger partial charge on any atom is 0.242 e. The van der Waals surface area contributed by atoms with E-state index in [1.54, 1.807) is 18.2 Å². The van der Waals surface area contributed by atoms with Crippen LogP contribution in [-0.4, -0.2) is 20.4 Å². The summed E-state index contributed by atoms with van der Waals surface area (Å²) in [7, 11) is -3.74. The highest BCUT2D eigenvalue weighted by Gasteiger charge is 2.22. The molecule has 24 heavy (non-hydrogen) atoms. The van der Waals surface area contributed by atoms with Crippen LogP contribution in [0, 0.1) is 6.92 Å². The third kappa shape index (κ3) is 4.43. The van der Waals surface area contributed by atoms with Crippen LogP contribution in [0.5, 0.6) is 0 Å². The molecule has 0 aliphatic rings. The fraction of sp³-hybridized carbons (Fsp3) is 0.278. The summed E-state index contributed by atoms with van der Waals surface area (Å²) in [4.78, 5) is 12.4. The molecule has 0 saturated heterocycles. The summed E-state index contributed by atoms with van der Waals surface area (Å²) < 4.78 is 27.1. The Labute approximate surface area is 143 Å². The zero-order chi connectivity index (χ0) is 17.7. The number of amides is 1. The number of carbonyl (C=O) groups is 1. The van der Waals surface area contributed by atoms with Gasteiger partial charge in [0.05, 0.1) is 10.9 Å². The Kier molecular flexibility index (Phi) is 5.75. The first-order valence-electron chi connectivity index (χ1n) is 7.81. The molecule has 2 aromatic carbocycles. The van der Waals surface area contributed by atoms with E-state index in [2.05, 4.69) is 10.0 Å². The predicted octanol–water partition coefficient (Wildman–Crippen LogP) is 2.86. The molecule has 5 nitrogen and oxygen atoms in total. The fourth-order valence-electron chi connectivity index (χ4n) is 2.26. The second kappa shape index (κ2) is 7.59. The van der Waals surface area contributed by atoms with Crippen molar-refractivity contribution in [1.29, 1.82) is 0 Å². The van der Waals surface area contributed by atoms with Crippen molar-refractivity contribution in [3.8, 4) is 0 Å². The average molecular weight is 346 g/mol. The summed E-state index contributed by atoms with van der Waals surface area (Å²) in [5.41, 5.74) is 2.67. The van der Waals surface area contributed by atoms with Crippen LogP contribution in [0.3, 0.4) is 0 Å². The van der Waals surface area contributed by atoms with Gasteiger partial charge in [0, 0.05) is 5.69 Å². The molecule has 0 spiro atoms. The van der Waals surface area contributed by atoms with E-state index in [1.165, 1.54) is 19.1 Å². The predicted molar refractivity (Wildman–Crippen MR) is 95.4 cm³/mol. The number of sulfonamides is 1. The van der Waals surface area contributed by atoms with Crippen molar-refractivity contribution in [1.82, 2.24) is 4.72 Å². The van der Waals surface area contributed by atoms with E-state index in [1.807, 2.05) is 32.0 Å². The van der Waals surface area contributed by atoms with Crippen molar-refractivity contribution in [2.45, 2.75) is 38.1 Å². The zero-order valence-electron chi connectivity index (χ0n) is 14.0. The number of aryl methyl sites for hydroxylation is 2. The van der Waals surface area contributed by atoms with E-state index in [0.29, 0.717) is 5.69 Å². The minimum atomic E-state index is -3.74. The summed E-state index contributed by atoms with van der Waals surface area (Å²) in [6, 6.07) is 13.1. The van der Waals surface area contributed by atoms with Crippen molar-refractivity contribution < 1.29 is 13.2 Å². The van der Waals surface area contributed by atoms with Crippen LogP contribution < -0.4 is 10.0 Å². The normalized spacial score (nSPS) is 12.6. The molecule has 0 fully saturated rings. The summed E-state index contributed by atoms with van der Waals surface area (Å²) in [6.07, 6.45) is 0.778. The number of hydrogen-bond donors (Lipinski definition) is 2. The molecule has 0 saturated carbocycles. The molecule has 1 unspecified atom stereocenters. The first-order valence-corrected chi connectivity index (χ1v) is 9.29. The van der Waals surface area contributed by atoms with Crippen molar-refractivity contribution in [2.75, 3.05) is 5.32 Å². The Bertz CT molecular complexity index is 814. The van der Waals surface area contributed by atoms with Gasteiger partial charge in [-0.2, -0.15) is 4.72 Å². The van der Waals surface area contributed by atoms with Crippen LogP contribution in [0.25, 0.3) is 0 Å². The maximum absolute atomic E-state index is 12.3. The van der Waals surface area contributed by atoms with Crippen molar-refractivity contribution >= 4 is 21.6 Å². The lowest BCUT2D eigenvalue weighted by Gasteiger charge is -2.16. The maximum atomic E-state index is 12.3. The minimum Gasteiger partial charge on any atom is -0.324 e. The molecule has 2 aromatic rings. The van der Waals surface area contributed by atoms with Gasteiger partial charge < -0.3 is 5.32 Å². The molecule has 2 rings (SSSR count). The van der Waals surface area contributed by atoms with Gasteiger partial charge in [-0.25, -0.2) is 8.42 Å². The van der Waals surface area contributed by atoms with Crippen LogP contribution in [-0.2, 0) is 21.2 Å². The Morgan fingerprint density at radius 2 is 1.71 bits per heavy atom. The van der Waals surface area contributed by atoms with Crippen molar-refractivity contribution in [3.05, 3.63) is 59.7 Å². The van der Waals surface area contributed by atoms with Crippen molar-refractivity contribution in [3.63, 3.8) is 0 Å². The molecule has 0 radical (unpaired) electrons. The molecule has 6 heteroatoms. The number of para-hydroxylation sites is 1. The molecule has 1 atom stereocenters. The molecule has 0 aromatic heterocycles. The molecular formula is C18H22N2O3S. The number of nitrogens with one attached hydrogen (secondary N) is 2.